The standard InChI is InChI=1S/C14H24BrN3S/c1-4-11-14(15)13(18(6-3)17-11)7-10-8-19-9-12(10)16-5-2/h10,12,16H,4-9H2,1-3H3. The number of aryl methyl sites for hydroxylation is 2. The molecule has 108 valence electrons. The quantitative estimate of drug-likeness (QED) is 0.858. The van der Waals surface area contributed by atoms with Crippen LogP contribution in [-0.4, -0.2) is 33.9 Å². The molecule has 0 aliphatic carbocycles. The zero-order valence-electron chi connectivity index (χ0n) is 12.1. The average molecular weight is 346 g/mol. The van der Waals surface area contributed by atoms with E-state index in [1.807, 2.05) is 0 Å². The van der Waals surface area contributed by atoms with Crippen molar-refractivity contribution in [2.75, 3.05) is 18.1 Å². The maximum absolute atomic E-state index is 4.70. The Balaban J connectivity index is 2.15. The van der Waals surface area contributed by atoms with E-state index >= 15 is 0 Å². The van der Waals surface area contributed by atoms with Gasteiger partial charge in [-0.3, -0.25) is 4.68 Å². The fourth-order valence-corrected chi connectivity index (χ4v) is 4.91. The van der Waals surface area contributed by atoms with Gasteiger partial charge in [0.05, 0.1) is 15.9 Å². The smallest absolute Gasteiger partial charge is 0.0766 e. The molecule has 2 unspecified atom stereocenters. The molecule has 0 bridgehead atoms. The minimum absolute atomic E-state index is 0.659. The number of hydrogen-bond donors (Lipinski definition) is 1. The van der Waals surface area contributed by atoms with Gasteiger partial charge < -0.3 is 5.32 Å². The lowest BCUT2D eigenvalue weighted by atomic mass is 9.97. The van der Waals surface area contributed by atoms with Gasteiger partial charge >= 0.3 is 0 Å². The second-order valence-corrected chi connectivity index (χ2v) is 6.91. The SMILES string of the molecule is CCNC1CSCC1Cc1c(Br)c(CC)nn1CC. The molecule has 2 heterocycles. The molecule has 1 aliphatic rings. The minimum atomic E-state index is 0.659. The van der Waals surface area contributed by atoms with Gasteiger partial charge in [-0.25, -0.2) is 0 Å². The third-order valence-corrected chi connectivity index (χ3v) is 5.99. The van der Waals surface area contributed by atoms with Crippen LogP contribution in [-0.2, 0) is 19.4 Å². The summed E-state index contributed by atoms with van der Waals surface area (Å²) in [6.45, 7) is 8.56. The van der Waals surface area contributed by atoms with Gasteiger partial charge in [-0.2, -0.15) is 16.9 Å². The van der Waals surface area contributed by atoms with Crippen LogP contribution in [0.4, 0.5) is 0 Å². The summed E-state index contributed by atoms with van der Waals surface area (Å²) in [6, 6.07) is 0.659. The predicted octanol–water partition coefficient (Wildman–Crippen LogP) is 3.11. The van der Waals surface area contributed by atoms with Crippen LogP contribution in [0.3, 0.4) is 0 Å². The fourth-order valence-electron chi connectivity index (χ4n) is 2.75. The second kappa shape index (κ2) is 7.14. The summed E-state index contributed by atoms with van der Waals surface area (Å²) in [5, 5.41) is 8.33. The molecule has 1 saturated heterocycles. The van der Waals surface area contributed by atoms with Gasteiger partial charge in [-0.15, -0.1) is 0 Å². The van der Waals surface area contributed by atoms with Crippen LogP contribution in [0, 0.1) is 5.92 Å². The third kappa shape index (κ3) is 3.37. The Kier molecular flexibility index (Phi) is 5.78. The molecule has 0 aromatic carbocycles. The first-order valence-corrected chi connectivity index (χ1v) is 9.21. The molecule has 0 amide bonds. The Morgan fingerprint density at radius 2 is 2.16 bits per heavy atom. The van der Waals surface area contributed by atoms with Crippen LogP contribution >= 0.6 is 27.7 Å². The summed E-state index contributed by atoms with van der Waals surface area (Å²) in [4.78, 5) is 0. The van der Waals surface area contributed by atoms with Gasteiger partial charge in [0.15, 0.2) is 0 Å². The molecule has 2 atom stereocenters. The number of aromatic nitrogens is 2. The molecule has 19 heavy (non-hydrogen) atoms. The monoisotopic (exact) mass is 345 g/mol. The highest BCUT2D eigenvalue weighted by Gasteiger charge is 2.29. The van der Waals surface area contributed by atoms with Gasteiger partial charge in [-0.1, -0.05) is 13.8 Å². The maximum atomic E-state index is 4.70. The van der Waals surface area contributed by atoms with Crippen LogP contribution in [0.25, 0.3) is 0 Å². The maximum Gasteiger partial charge on any atom is 0.0766 e. The number of nitrogens with zero attached hydrogens (tertiary/aromatic N) is 2. The molecule has 1 aromatic heterocycles. The zero-order chi connectivity index (χ0) is 13.8. The van der Waals surface area contributed by atoms with Crippen LogP contribution < -0.4 is 5.32 Å². The lowest BCUT2D eigenvalue weighted by Crippen LogP contribution is -2.36. The zero-order valence-corrected chi connectivity index (χ0v) is 14.5. The number of hydrogen-bond acceptors (Lipinski definition) is 3. The first-order valence-electron chi connectivity index (χ1n) is 7.26. The Labute approximate surface area is 129 Å². The van der Waals surface area contributed by atoms with Crippen molar-refractivity contribution < 1.29 is 0 Å². The van der Waals surface area contributed by atoms with Crippen molar-refractivity contribution >= 4 is 27.7 Å². The van der Waals surface area contributed by atoms with Crippen LogP contribution in [0.15, 0.2) is 4.47 Å². The lowest BCUT2D eigenvalue weighted by molar-refractivity contribution is 0.421. The minimum Gasteiger partial charge on any atom is -0.313 e. The van der Waals surface area contributed by atoms with Crippen molar-refractivity contribution in [3.63, 3.8) is 0 Å². The molecule has 1 aromatic rings. The van der Waals surface area contributed by atoms with E-state index in [1.54, 1.807) is 0 Å². The molecule has 5 heteroatoms. The summed E-state index contributed by atoms with van der Waals surface area (Å²) in [5.74, 6) is 3.24. The lowest BCUT2D eigenvalue weighted by Gasteiger charge is -2.20. The van der Waals surface area contributed by atoms with E-state index in [0.29, 0.717) is 6.04 Å². The molecule has 0 spiro atoms. The largest absolute Gasteiger partial charge is 0.313 e. The van der Waals surface area contributed by atoms with E-state index in [2.05, 4.69) is 58.5 Å². The van der Waals surface area contributed by atoms with Crippen LogP contribution in [0.2, 0.25) is 0 Å². The average Bonchev–Trinajstić information content (AvgIpc) is 2.97. The Bertz CT molecular complexity index is 419. The third-order valence-electron chi connectivity index (χ3n) is 3.81. The summed E-state index contributed by atoms with van der Waals surface area (Å²) < 4.78 is 3.42. The van der Waals surface area contributed by atoms with E-state index in [0.717, 1.165) is 31.8 Å². The molecule has 2 rings (SSSR count). The van der Waals surface area contributed by atoms with Crippen molar-refractivity contribution in [1.82, 2.24) is 15.1 Å². The summed E-state index contributed by atoms with van der Waals surface area (Å²) in [6.07, 6.45) is 2.13. The normalized spacial score (nSPS) is 23.2. The molecule has 1 fully saturated rings. The molecule has 0 radical (unpaired) electrons. The van der Waals surface area contributed by atoms with Gasteiger partial charge in [0.1, 0.15) is 0 Å². The number of thioether (sulfide) groups is 1. The summed E-state index contributed by atoms with van der Waals surface area (Å²) >= 11 is 5.83. The Morgan fingerprint density at radius 3 is 2.79 bits per heavy atom. The molecule has 1 N–H and O–H groups in total. The van der Waals surface area contributed by atoms with Gasteiger partial charge in [0.2, 0.25) is 0 Å². The predicted molar refractivity (Wildman–Crippen MR) is 87.0 cm³/mol. The molecular weight excluding hydrogens is 322 g/mol. The van der Waals surface area contributed by atoms with Crippen molar-refractivity contribution in [3.8, 4) is 0 Å². The highest BCUT2D eigenvalue weighted by atomic mass is 79.9. The number of halogens is 1. The first-order chi connectivity index (χ1) is 9.21. The van der Waals surface area contributed by atoms with Crippen molar-refractivity contribution in [1.29, 1.82) is 0 Å². The number of rotatable bonds is 6. The highest BCUT2D eigenvalue weighted by Crippen LogP contribution is 2.31. The van der Waals surface area contributed by atoms with Gasteiger partial charge in [-0.05, 0) is 53.9 Å². The fraction of sp³-hybridized carbons (Fsp3) is 0.786. The number of nitrogens with one attached hydrogen (secondary N) is 1. The Morgan fingerprint density at radius 1 is 1.37 bits per heavy atom. The van der Waals surface area contributed by atoms with Crippen LogP contribution in [0.5, 0.6) is 0 Å². The van der Waals surface area contributed by atoms with Crippen molar-refractivity contribution in [3.05, 3.63) is 15.9 Å². The van der Waals surface area contributed by atoms with Crippen molar-refractivity contribution in [2.24, 2.45) is 5.92 Å². The topological polar surface area (TPSA) is 29.9 Å². The summed E-state index contributed by atoms with van der Waals surface area (Å²) in [7, 11) is 0. The molecule has 1 aliphatic heterocycles. The Hall–Kier alpha value is 0. The van der Waals surface area contributed by atoms with E-state index < -0.39 is 0 Å². The van der Waals surface area contributed by atoms with Gasteiger partial charge in [0.25, 0.3) is 0 Å². The van der Waals surface area contributed by atoms with Crippen LogP contribution in [0.1, 0.15) is 32.2 Å². The molecule has 3 nitrogen and oxygen atoms in total. The van der Waals surface area contributed by atoms with E-state index in [1.165, 1.54) is 27.4 Å². The molecule has 0 saturated carbocycles. The van der Waals surface area contributed by atoms with Crippen molar-refractivity contribution in [2.45, 2.75) is 46.2 Å². The first kappa shape index (κ1) is 15.4. The molecular formula is C14H24BrN3S. The van der Waals surface area contributed by atoms with E-state index in [9.17, 15) is 0 Å². The second-order valence-electron chi connectivity index (χ2n) is 5.04. The highest BCUT2D eigenvalue weighted by molar-refractivity contribution is 9.10. The summed E-state index contributed by atoms with van der Waals surface area (Å²) in [5.41, 5.74) is 2.58. The van der Waals surface area contributed by atoms with E-state index in [-0.39, 0.29) is 0 Å². The van der Waals surface area contributed by atoms with E-state index in [4.69, 9.17) is 5.10 Å². The van der Waals surface area contributed by atoms with Gasteiger partial charge in [0, 0.05) is 18.3 Å².